The Balaban J connectivity index is 1.68. The first-order valence-corrected chi connectivity index (χ1v) is 8.36. The number of carboxylic acid groups (broad SMARTS) is 1. The molecule has 0 atom stereocenters. The van der Waals surface area contributed by atoms with Gasteiger partial charge in [0.25, 0.3) is 0 Å². The van der Waals surface area contributed by atoms with Crippen LogP contribution in [0.25, 0.3) is 0 Å². The second-order valence-electron chi connectivity index (χ2n) is 6.28. The van der Waals surface area contributed by atoms with Crippen molar-refractivity contribution >= 4 is 11.7 Å². The van der Waals surface area contributed by atoms with E-state index in [9.17, 15) is 4.79 Å². The van der Waals surface area contributed by atoms with E-state index < -0.39 is 5.97 Å². The van der Waals surface area contributed by atoms with E-state index in [0.717, 1.165) is 35.5 Å². The number of aromatic nitrogens is 1. The number of rotatable bonds is 7. The van der Waals surface area contributed by atoms with E-state index in [-0.39, 0.29) is 12.6 Å². The monoisotopic (exact) mass is 342 g/mol. The molecule has 0 radical (unpaired) electrons. The lowest BCUT2D eigenvalue weighted by Crippen LogP contribution is -2.27. The highest BCUT2D eigenvalue weighted by molar-refractivity contribution is 5.75. The van der Waals surface area contributed by atoms with Gasteiger partial charge in [0.2, 0.25) is 5.88 Å². The van der Waals surface area contributed by atoms with E-state index in [1.165, 1.54) is 0 Å². The summed E-state index contributed by atoms with van der Waals surface area (Å²) in [6, 6.07) is 9.58. The summed E-state index contributed by atoms with van der Waals surface area (Å²) in [6.45, 7) is 5.04. The van der Waals surface area contributed by atoms with E-state index in [2.05, 4.69) is 4.98 Å². The van der Waals surface area contributed by atoms with E-state index in [4.69, 9.17) is 14.6 Å². The molecule has 1 N–H and O–H groups in total. The maximum absolute atomic E-state index is 10.9. The molecule has 3 rings (SSSR count). The Morgan fingerprint density at radius 1 is 1.36 bits per heavy atom. The summed E-state index contributed by atoms with van der Waals surface area (Å²) in [4.78, 5) is 17.0. The fourth-order valence-corrected chi connectivity index (χ4v) is 2.89. The third-order valence-corrected chi connectivity index (χ3v) is 3.96. The largest absolute Gasteiger partial charge is 0.489 e. The molecule has 0 unspecified atom stereocenters. The second kappa shape index (κ2) is 7.42. The third-order valence-electron chi connectivity index (χ3n) is 3.96. The Hall–Kier alpha value is -2.76. The number of anilines is 1. The van der Waals surface area contributed by atoms with Crippen LogP contribution in [0, 0.1) is 0 Å². The molecule has 0 bridgehead atoms. The van der Waals surface area contributed by atoms with Crippen LogP contribution in [0.5, 0.6) is 11.6 Å². The first-order chi connectivity index (χ1) is 12.0. The fourth-order valence-electron chi connectivity index (χ4n) is 2.89. The summed E-state index contributed by atoms with van der Waals surface area (Å²) in [5.41, 5.74) is 2.98. The van der Waals surface area contributed by atoms with Crippen LogP contribution >= 0.6 is 0 Å². The molecule has 1 aromatic carbocycles. The minimum absolute atomic E-state index is 0.0266. The third kappa shape index (κ3) is 4.21. The molecule has 0 saturated heterocycles. The van der Waals surface area contributed by atoms with Gasteiger partial charge in [-0.15, -0.1) is 0 Å². The Labute approximate surface area is 147 Å². The van der Waals surface area contributed by atoms with E-state index in [1.54, 1.807) is 6.20 Å². The van der Waals surface area contributed by atoms with Crippen LogP contribution in [-0.4, -0.2) is 35.3 Å². The van der Waals surface area contributed by atoms with Gasteiger partial charge in [-0.2, -0.15) is 0 Å². The van der Waals surface area contributed by atoms with Crippen molar-refractivity contribution in [2.75, 3.05) is 18.0 Å². The summed E-state index contributed by atoms with van der Waals surface area (Å²) in [6.07, 6.45) is 2.58. The van der Waals surface area contributed by atoms with Crippen molar-refractivity contribution in [1.82, 2.24) is 4.98 Å². The summed E-state index contributed by atoms with van der Waals surface area (Å²) >= 11 is 0. The van der Waals surface area contributed by atoms with E-state index in [1.807, 2.05) is 49.1 Å². The predicted molar refractivity (Wildman–Crippen MR) is 94.3 cm³/mol. The average molecular weight is 342 g/mol. The highest BCUT2D eigenvalue weighted by Crippen LogP contribution is 2.31. The zero-order chi connectivity index (χ0) is 17.8. The Kier molecular flexibility index (Phi) is 5.07. The minimum atomic E-state index is -0.817. The molecule has 0 fully saturated rings. The lowest BCUT2D eigenvalue weighted by Gasteiger charge is -2.17. The smallest absolute Gasteiger partial charge is 0.323 e. The molecular weight excluding hydrogens is 320 g/mol. The van der Waals surface area contributed by atoms with Crippen LogP contribution in [0.3, 0.4) is 0 Å². The number of aliphatic carboxylic acids is 1. The number of nitrogens with zero attached hydrogens (tertiary/aromatic N) is 2. The molecule has 2 heterocycles. The lowest BCUT2D eigenvalue weighted by molar-refractivity contribution is -0.135. The van der Waals surface area contributed by atoms with Crippen molar-refractivity contribution in [3.63, 3.8) is 0 Å². The Morgan fingerprint density at radius 3 is 2.96 bits per heavy atom. The van der Waals surface area contributed by atoms with Crippen molar-refractivity contribution in [3.05, 3.63) is 47.7 Å². The first-order valence-electron chi connectivity index (χ1n) is 8.36. The molecule has 25 heavy (non-hydrogen) atoms. The quantitative estimate of drug-likeness (QED) is 0.834. The van der Waals surface area contributed by atoms with Gasteiger partial charge in [-0.3, -0.25) is 4.79 Å². The molecule has 6 nitrogen and oxygen atoms in total. The number of fused-ring (bicyclic) bond motifs is 1. The van der Waals surface area contributed by atoms with Crippen LogP contribution in [-0.2, 0) is 17.8 Å². The van der Waals surface area contributed by atoms with Gasteiger partial charge in [-0.25, -0.2) is 4.98 Å². The number of hydrogen-bond acceptors (Lipinski definition) is 5. The average Bonchev–Trinajstić information content (AvgIpc) is 2.95. The fraction of sp³-hybridized carbons (Fsp3) is 0.368. The molecule has 2 aromatic rings. The molecule has 1 aliphatic heterocycles. The number of benzene rings is 1. The first kappa shape index (κ1) is 17.1. The molecule has 0 amide bonds. The topological polar surface area (TPSA) is 71.9 Å². The van der Waals surface area contributed by atoms with Crippen LogP contribution in [0.4, 0.5) is 5.69 Å². The number of carbonyl (C=O) groups is 1. The number of hydrogen-bond donors (Lipinski definition) is 1. The SMILES string of the molecule is CC(C)Oc1ncccc1COc1ccc2c(c1)CCN2CC(=O)O. The van der Waals surface area contributed by atoms with Crippen molar-refractivity contribution < 1.29 is 19.4 Å². The van der Waals surface area contributed by atoms with Gasteiger partial charge in [-0.1, -0.05) is 0 Å². The summed E-state index contributed by atoms with van der Waals surface area (Å²) < 4.78 is 11.6. The maximum Gasteiger partial charge on any atom is 0.323 e. The zero-order valence-electron chi connectivity index (χ0n) is 14.4. The highest BCUT2D eigenvalue weighted by Gasteiger charge is 2.21. The van der Waals surface area contributed by atoms with Gasteiger partial charge in [-0.05, 0) is 56.2 Å². The van der Waals surface area contributed by atoms with Crippen molar-refractivity contribution in [3.8, 4) is 11.6 Å². The maximum atomic E-state index is 10.9. The van der Waals surface area contributed by atoms with Gasteiger partial charge >= 0.3 is 5.97 Å². The standard InChI is InChI=1S/C19H22N2O4/c1-13(2)25-19-15(4-3-8-20-19)12-24-16-5-6-17-14(10-16)7-9-21(17)11-18(22)23/h3-6,8,10,13H,7,9,11-12H2,1-2H3,(H,22,23). The highest BCUT2D eigenvalue weighted by atomic mass is 16.5. The van der Waals surface area contributed by atoms with Gasteiger partial charge in [0.15, 0.2) is 0 Å². The summed E-state index contributed by atoms with van der Waals surface area (Å²) in [5.74, 6) is 0.531. The molecule has 132 valence electrons. The van der Waals surface area contributed by atoms with Crippen LogP contribution in [0.2, 0.25) is 0 Å². The van der Waals surface area contributed by atoms with Crippen molar-refractivity contribution in [2.45, 2.75) is 33.0 Å². The molecular formula is C19H22N2O4. The normalized spacial score (nSPS) is 13.0. The lowest BCUT2D eigenvalue weighted by atomic mass is 10.1. The van der Waals surface area contributed by atoms with Gasteiger partial charge < -0.3 is 19.5 Å². The van der Waals surface area contributed by atoms with Crippen LogP contribution < -0.4 is 14.4 Å². The molecule has 0 spiro atoms. The molecule has 6 heteroatoms. The molecule has 0 aliphatic carbocycles. The van der Waals surface area contributed by atoms with Gasteiger partial charge in [0, 0.05) is 18.4 Å². The van der Waals surface area contributed by atoms with E-state index >= 15 is 0 Å². The number of pyridine rings is 1. The molecule has 0 saturated carbocycles. The van der Waals surface area contributed by atoms with Crippen molar-refractivity contribution in [2.24, 2.45) is 0 Å². The number of ether oxygens (including phenoxy) is 2. The number of carboxylic acids is 1. The molecule has 1 aromatic heterocycles. The Morgan fingerprint density at radius 2 is 2.20 bits per heavy atom. The van der Waals surface area contributed by atoms with E-state index in [0.29, 0.717) is 12.5 Å². The van der Waals surface area contributed by atoms with Gasteiger partial charge in [0.1, 0.15) is 18.9 Å². The van der Waals surface area contributed by atoms with Crippen LogP contribution in [0.15, 0.2) is 36.5 Å². The minimum Gasteiger partial charge on any atom is -0.489 e. The predicted octanol–water partition coefficient (Wildman–Crippen LogP) is 2.89. The summed E-state index contributed by atoms with van der Waals surface area (Å²) in [7, 11) is 0. The summed E-state index contributed by atoms with van der Waals surface area (Å²) in [5, 5.41) is 8.97. The zero-order valence-corrected chi connectivity index (χ0v) is 14.4. The van der Waals surface area contributed by atoms with Gasteiger partial charge in [0.05, 0.1) is 11.7 Å². The second-order valence-corrected chi connectivity index (χ2v) is 6.28. The van der Waals surface area contributed by atoms with Crippen molar-refractivity contribution in [1.29, 1.82) is 0 Å². The molecule has 1 aliphatic rings. The van der Waals surface area contributed by atoms with Crippen LogP contribution in [0.1, 0.15) is 25.0 Å². The Bertz CT molecular complexity index is 761.